The highest BCUT2D eigenvalue weighted by Crippen LogP contribution is 2.32. The number of benzene rings is 1. The van der Waals surface area contributed by atoms with Crippen molar-refractivity contribution in [2.45, 2.75) is 32.4 Å². The first-order valence-electron chi connectivity index (χ1n) is 9.65. The maximum atomic E-state index is 6.31. The molecule has 4 rings (SSSR count). The lowest BCUT2D eigenvalue weighted by molar-refractivity contribution is 0.333. The SMILES string of the molecule is CCOc1c(Cl)cc(Cl)cc1CN[C@H]1CCCN(c2nc3nc(Cl)ccc3[nH]2)C1. The molecule has 1 aromatic carbocycles. The third kappa shape index (κ3) is 4.72. The highest BCUT2D eigenvalue weighted by molar-refractivity contribution is 6.35. The number of aromatic nitrogens is 3. The Morgan fingerprint density at radius 1 is 1.24 bits per heavy atom. The summed E-state index contributed by atoms with van der Waals surface area (Å²) in [6.07, 6.45) is 2.15. The Bertz CT molecular complexity index is 1010. The normalized spacial score (nSPS) is 17.1. The number of aromatic amines is 1. The zero-order valence-corrected chi connectivity index (χ0v) is 18.3. The third-order valence-electron chi connectivity index (χ3n) is 4.98. The number of imidazole rings is 1. The summed E-state index contributed by atoms with van der Waals surface area (Å²) < 4.78 is 5.72. The molecular formula is C20H22Cl3N5O. The Hall–Kier alpha value is -1.73. The van der Waals surface area contributed by atoms with Gasteiger partial charge in [0.1, 0.15) is 10.9 Å². The van der Waals surface area contributed by atoms with Crippen LogP contribution >= 0.6 is 34.8 Å². The van der Waals surface area contributed by atoms with E-state index in [1.54, 1.807) is 12.1 Å². The van der Waals surface area contributed by atoms with Crippen LogP contribution in [0.5, 0.6) is 5.75 Å². The maximum absolute atomic E-state index is 6.31. The molecule has 3 aromatic rings. The van der Waals surface area contributed by atoms with E-state index in [2.05, 4.69) is 25.2 Å². The Morgan fingerprint density at radius 2 is 2.10 bits per heavy atom. The topological polar surface area (TPSA) is 66.1 Å². The summed E-state index contributed by atoms with van der Waals surface area (Å²) in [5.41, 5.74) is 2.48. The summed E-state index contributed by atoms with van der Waals surface area (Å²) >= 11 is 18.5. The van der Waals surface area contributed by atoms with Crippen molar-refractivity contribution >= 4 is 51.9 Å². The number of rotatable bonds is 6. The number of anilines is 1. The van der Waals surface area contributed by atoms with Crippen LogP contribution in [0.4, 0.5) is 5.95 Å². The largest absolute Gasteiger partial charge is 0.492 e. The number of hydrogen-bond donors (Lipinski definition) is 2. The molecule has 3 heterocycles. The summed E-state index contributed by atoms with van der Waals surface area (Å²) in [5.74, 6) is 1.51. The van der Waals surface area contributed by atoms with Gasteiger partial charge in [-0.2, -0.15) is 4.98 Å². The molecule has 1 saturated heterocycles. The van der Waals surface area contributed by atoms with Gasteiger partial charge in [-0.05, 0) is 44.0 Å². The molecule has 0 bridgehead atoms. The van der Waals surface area contributed by atoms with Gasteiger partial charge in [0.2, 0.25) is 5.95 Å². The fourth-order valence-electron chi connectivity index (χ4n) is 3.65. The zero-order valence-electron chi connectivity index (χ0n) is 16.0. The van der Waals surface area contributed by atoms with Crippen LogP contribution in [0.3, 0.4) is 0 Å². The number of H-pyrrole nitrogens is 1. The molecule has 1 aliphatic rings. The minimum atomic E-state index is 0.306. The monoisotopic (exact) mass is 453 g/mol. The van der Waals surface area contributed by atoms with Gasteiger partial charge < -0.3 is 19.9 Å². The summed E-state index contributed by atoms with van der Waals surface area (Å²) in [5, 5.41) is 5.20. The lowest BCUT2D eigenvalue weighted by Gasteiger charge is -2.33. The van der Waals surface area contributed by atoms with E-state index in [4.69, 9.17) is 39.5 Å². The standard InChI is InChI=1S/C20H22Cl3N5O/c1-2-29-18-12(8-13(21)9-15(18)22)10-24-14-4-3-7-28(11-14)20-25-16-5-6-17(23)26-19(16)27-20/h5-6,8-9,14,24H,2-4,7,10-11H2,1H3,(H,25,26,27)/t14-/m0/s1. The quantitative estimate of drug-likeness (QED) is 0.509. The summed E-state index contributed by atoms with van der Waals surface area (Å²) in [6, 6.07) is 7.58. The molecule has 0 unspecified atom stereocenters. The van der Waals surface area contributed by atoms with Crippen LogP contribution in [0, 0.1) is 0 Å². The number of hydrogen-bond acceptors (Lipinski definition) is 5. The summed E-state index contributed by atoms with van der Waals surface area (Å²) in [7, 11) is 0. The molecule has 0 amide bonds. The molecule has 9 heteroatoms. The van der Waals surface area contributed by atoms with Crippen molar-refractivity contribution in [2.24, 2.45) is 0 Å². The van der Waals surface area contributed by atoms with Gasteiger partial charge in [0, 0.05) is 36.3 Å². The van der Waals surface area contributed by atoms with Crippen LogP contribution in [0.1, 0.15) is 25.3 Å². The maximum Gasteiger partial charge on any atom is 0.205 e. The highest BCUT2D eigenvalue weighted by atomic mass is 35.5. The lowest BCUT2D eigenvalue weighted by Crippen LogP contribution is -2.46. The predicted octanol–water partition coefficient (Wildman–Crippen LogP) is 5.08. The Morgan fingerprint density at radius 3 is 2.93 bits per heavy atom. The van der Waals surface area contributed by atoms with E-state index >= 15 is 0 Å². The average molecular weight is 455 g/mol. The van der Waals surface area contributed by atoms with Crippen LogP contribution in [0.25, 0.3) is 11.2 Å². The van der Waals surface area contributed by atoms with Crippen molar-refractivity contribution < 1.29 is 4.74 Å². The molecule has 1 atom stereocenters. The van der Waals surface area contributed by atoms with Crippen molar-refractivity contribution in [1.82, 2.24) is 20.3 Å². The predicted molar refractivity (Wildman–Crippen MR) is 119 cm³/mol. The molecule has 2 aromatic heterocycles. The van der Waals surface area contributed by atoms with Gasteiger partial charge >= 0.3 is 0 Å². The fraction of sp³-hybridized carbons (Fsp3) is 0.400. The van der Waals surface area contributed by atoms with E-state index in [9.17, 15) is 0 Å². The molecule has 6 nitrogen and oxygen atoms in total. The molecular weight excluding hydrogens is 433 g/mol. The number of piperidine rings is 1. The van der Waals surface area contributed by atoms with Crippen molar-refractivity contribution in [3.8, 4) is 5.75 Å². The average Bonchev–Trinajstić information content (AvgIpc) is 3.12. The van der Waals surface area contributed by atoms with E-state index < -0.39 is 0 Å². The van der Waals surface area contributed by atoms with Gasteiger partial charge in [-0.25, -0.2) is 4.98 Å². The Labute approximate surface area is 184 Å². The molecule has 154 valence electrons. The van der Waals surface area contributed by atoms with Gasteiger partial charge in [0.25, 0.3) is 0 Å². The zero-order chi connectivity index (χ0) is 20.4. The molecule has 1 aliphatic heterocycles. The number of pyridine rings is 1. The van der Waals surface area contributed by atoms with E-state index in [1.807, 2.05) is 19.1 Å². The molecule has 29 heavy (non-hydrogen) atoms. The van der Waals surface area contributed by atoms with Crippen LogP contribution in [-0.2, 0) is 6.54 Å². The van der Waals surface area contributed by atoms with Gasteiger partial charge in [0.15, 0.2) is 5.65 Å². The van der Waals surface area contributed by atoms with Gasteiger partial charge in [-0.1, -0.05) is 34.8 Å². The van der Waals surface area contributed by atoms with Crippen molar-refractivity contribution in [3.63, 3.8) is 0 Å². The number of ether oxygens (including phenoxy) is 1. The summed E-state index contributed by atoms with van der Waals surface area (Å²) in [6.45, 7) is 4.91. The lowest BCUT2D eigenvalue weighted by atomic mass is 10.1. The molecule has 0 radical (unpaired) electrons. The number of halogens is 3. The smallest absolute Gasteiger partial charge is 0.205 e. The van der Waals surface area contributed by atoms with E-state index in [-0.39, 0.29) is 0 Å². The van der Waals surface area contributed by atoms with Crippen molar-refractivity contribution in [1.29, 1.82) is 0 Å². The molecule has 2 N–H and O–H groups in total. The number of fused-ring (bicyclic) bond motifs is 1. The highest BCUT2D eigenvalue weighted by Gasteiger charge is 2.23. The molecule has 0 spiro atoms. The van der Waals surface area contributed by atoms with E-state index in [1.165, 1.54) is 0 Å². The second-order valence-electron chi connectivity index (χ2n) is 7.04. The van der Waals surface area contributed by atoms with Crippen molar-refractivity contribution in [3.05, 3.63) is 45.0 Å². The van der Waals surface area contributed by atoms with Crippen LogP contribution in [0.15, 0.2) is 24.3 Å². The minimum absolute atomic E-state index is 0.306. The first kappa shape index (κ1) is 20.5. The minimum Gasteiger partial charge on any atom is -0.492 e. The summed E-state index contributed by atoms with van der Waals surface area (Å²) in [4.78, 5) is 14.5. The first-order chi connectivity index (χ1) is 14.0. The molecule has 1 fully saturated rings. The third-order valence-corrected chi connectivity index (χ3v) is 5.68. The Kier molecular flexibility index (Phi) is 6.35. The molecule has 0 aliphatic carbocycles. The first-order valence-corrected chi connectivity index (χ1v) is 10.8. The van der Waals surface area contributed by atoms with Gasteiger partial charge in [-0.3, -0.25) is 0 Å². The fourth-order valence-corrected chi connectivity index (χ4v) is 4.38. The Balaban J connectivity index is 1.45. The van der Waals surface area contributed by atoms with Crippen LogP contribution in [-0.4, -0.2) is 40.7 Å². The van der Waals surface area contributed by atoms with Gasteiger partial charge in [0.05, 0.1) is 17.1 Å². The number of nitrogens with one attached hydrogen (secondary N) is 2. The molecule has 0 saturated carbocycles. The van der Waals surface area contributed by atoms with E-state index in [0.29, 0.717) is 45.8 Å². The van der Waals surface area contributed by atoms with Crippen LogP contribution in [0.2, 0.25) is 15.2 Å². The van der Waals surface area contributed by atoms with Gasteiger partial charge in [-0.15, -0.1) is 0 Å². The van der Waals surface area contributed by atoms with Crippen molar-refractivity contribution in [2.75, 3.05) is 24.6 Å². The second-order valence-corrected chi connectivity index (χ2v) is 8.27. The second kappa shape index (κ2) is 8.96. The van der Waals surface area contributed by atoms with E-state index in [0.717, 1.165) is 43.0 Å². The van der Waals surface area contributed by atoms with Crippen LogP contribution < -0.4 is 15.0 Å². The number of nitrogens with zero attached hydrogens (tertiary/aromatic N) is 3.